The minimum atomic E-state index is -0.482. The van der Waals surface area contributed by atoms with Crippen molar-refractivity contribution < 1.29 is 9.66 Å². The summed E-state index contributed by atoms with van der Waals surface area (Å²) in [6.07, 6.45) is 0. The molecule has 0 bridgehead atoms. The maximum atomic E-state index is 11.0. The maximum Gasteiger partial charge on any atom is 0.311 e. The number of nitro groups is 1. The van der Waals surface area contributed by atoms with E-state index in [1.807, 2.05) is 20.8 Å². The van der Waals surface area contributed by atoms with Crippen molar-refractivity contribution >= 4 is 11.5 Å². The average molecular weight is 268 g/mol. The van der Waals surface area contributed by atoms with Crippen LogP contribution in [0.3, 0.4) is 0 Å². The van der Waals surface area contributed by atoms with E-state index in [9.17, 15) is 10.1 Å². The fourth-order valence-electron chi connectivity index (χ4n) is 1.49. The van der Waals surface area contributed by atoms with Crippen LogP contribution in [0.25, 0.3) is 0 Å². The van der Waals surface area contributed by atoms with Crippen molar-refractivity contribution in [3.8, 4) is 5.88 Å². The van der Waals surface area contributed by atoms with Crippen LogP contribution in [0.5, 0.6) is 5.88 Å². The molecule has 0 saturated heterocycles. The zero-order chi connectivity index (χ0) is 14.6. The first-order chi connectivity index (χ1) is 8.84. The van der Waals surface area contributed by atoms with Crippen LogP contribution in [0, 0.1) is 16.0 Å². The Kier molecular flexibility index (Phi) is 4.66. The molecule has 1 aromatic rings. The van der Waals surface area contributed by atoms with Crippen molar-refractivity contribution in [1.82, 2.24) is 4.98 Å². The number of methoxy groups -OCH3 is 1. The van der Waals surface area contributed by atoms with Crippen LogP contribution in [0.1, 0.15) is 20.8 Å². The molecule has 0 aromatic carbocycles. The first-order valence-corrected chi connectivity index (χ1v) is 6.01. The van der Waals surface area contributed by atoms with E-state index in [0.29, 0.717) is 12.4 Å². The van der Waals surface area contributed by atoms with Crippen molar-refractivity contribution in [2.75, 3.05) is 19.0 Å². The third-order valence-electron chi connectivity index (χ3n) is 3.36. The van der Waals surface area contributed by atoms with E-state index < -0.39 is 10.5 Å². The van der Waals surface area contributed by atoms with Crippen LogP contribution in [-0.4, -0.2) is 29.1 Å². The third kappa shape index (κ3) is 3.31. The summed E-state index contributed by atoms with van der Waals surface area (Å²) in [5.74, 6) is 0.673. The van der Waals surface area contributed by atoms with E-state index in [0.717, 1.165) is 0 Å². The molecule has 3 N–H and O–H groups in total. The summed E-state index contributed by atoms with van der Waals surface area (Å²) in [7, 11) is 1.46. The van der Waals surface area contributed by atoms with Gasteiger partial charge in [-0.25, -0.2) is 0 Å². The third-order valence-corrected chi connectivity index (χ3v) is 3.36. The Balaban J connectivity index is 3.20. The molecule has 19 heavy (non-hydrogen) atoms. The fraction of sp³-hybridized carbons (Fsp3) is 0.583. The van der Waals surface area contributed by atoms with E-state index >= 15 is 0 Å². The maximum absolute atomic E-state index is 11.0. The number of hydrogen-bond donors (Lipinski definition) is 2. The molecule has 1 aromatic heterocycles. The highest BCUT2D eigenvalue weighted by Gasteiger charge is 2.30. The van der Waals surface area contributed by atoms with Crippen LogP contribution < -0.4 is 15.8 Å². The lowest BCUT2D eigenvalue weighted by Gasteiger charge is -2.33. The quantitative estimate of drug-likeness (QED) is 0.602. The van der Waals surface area contributed by atoms with Crippen LogP contribution in [-0.2, 0) is 0 Å². The van der Waals surface area contributed by atoms with Crippen molar-refractivity contribution in [3.05, 3.63) is 22.2 Å². The molecular weight excluding hydrogens is 248 g/mol. The number of rotatable bonds is 6. The molecular formula is C12H20N4O3. The highest BCUT2D eigenvalue weighted by Crippen LogP contribution is 2.29. The van der Waals surface area contributed by atoms with E-state index in [2.05, 4.69) is 10.3 Å². The second-order valence-electron chi connectivity index (χ2n) is 4.88. The van der Waals surface area contributed by atoms with Gasteiger partial charge in [0, 0.05) is 18.7 Å². The SMILES string of the molecule is COc1ccc([N+](=O)[O-])c(NC(C)(CN)C(C)C)n1. The molecule has 1 rings (SSSR count). The average Bonchev–Trinajstić information content (AvgIpc) is 2.37. The van der Waals surface area contributed by atoms with Crippen molar-refractivity contribution in [3.63, 3.8) is 0 Å². The lowest BCUT2D eigenvalue weighted by atomic mass is 9.88. The monoisotopic (exact) mass is 268 g/mol. The second-order valence-corrected chi connectivity index (χ2v) is 4.88. The molecule has 1 heterocycles. The van der Waals surface area contributed by atoms with Crippen LogP contribution in [0.15, 0.2) is 12.1 Å². The number of pyridine rings is 1. The first-order valence-electron chi connectivity index (χ1n) is 6.01. The van der Waals surface area contributed by atoms with Gasteiger partial charge in [0.15, 0.2) is 0 Å². The van der Waals surface area contributed by atoms with E-state index in [1.165, 1.54) is 19.2 Å². The summed E-state index contributed by atoms with van der Waals surface area (Å²) in [5, 5.41) is 14.1. The topological polar surface area (TPSA) is 103 Å². The van der Waals surface area contributed by atoms with Gasteiger partial charge in [-0.15, -0.1) is 0 Å². The number of nitrogens with two attached hydrogens (primary N) is 1. The van der Waals surface area contributed by atoms with Gasteiger partial charge in [0.05, 0.1) is 17.6 Å². The van der Waals surface area contributed by atoms with Gasteiger partial charge in [-0.2, -0.15) is 4.98 Å². The van der Waals surface area contributed by atoms with Gasteiger partial charge in [-0.05, 0) is 12.8 Å². The first kappa shape index (κ1) is 15.2. The normalized spacial score (nSPS) is 14.0. The number of hydrogen-bond acceptors (Lipinski definition) is 6. The number of aromatic nitrogens is 1. The Morgan fingerprint density at radius 1 is 1.58 bits per heavy atom. The molecule has 0 fully saturated rings. The molecule has 106 valence electrons. The molecule has 7 nitrogen and oxygen atoms in total. The lowest BCUT2D eigenvalue weighted by Crippen LogP contribution is -2.47. The van der Waals surface area contributed by atoms with E-state index in [4.69, 9.17) is 10.5 Å². The van der Waals surface area contributed by atoms with Crippen LogP contribution in [0.4, 0.5) is 11.5 Å². The predicted molar refractivity (Wildman–Crippen MR) is 73.4 cm³/mol. The minimum absolute atomic E-state index is 0.0962. The molecule has 0 spiro atoms. The van der Waals surface area contributed by atoms with Gasteiger partial charge in [0.25, 0.3) is 0 Å². The minimum Gasteiger partial charge on any atom is -0.481 e. The molecule has 0 radical (unpaired) electrons. The van der Waals surface area contributed by atoms with E-state index in [1.54, 1.807) is 0 Å². The van der Waals surface area contributed by atoms with Gasteiger partial charge < -0.3 is 15.8 Å². The van der Waals surface area contributed by atoms with Gasteiger partial charge in [0.2, 0.25) is 11.7 Å². The Bertz CT molecular complexity index is 464. The highest BCUT2D eigenvalue weighted by atomic mass is 16.6. The molecule has 0 amide bonds. The summed E-state index contributed by atoms with van der Waals surface area (Å²) in [6.45, 7) is 6.22. The van der Waals surface area contributed by atoms with Gasteiger partial charge in [-0.1, -0.05) is 13.8 Å². The standard InChI is InChI=1S/C12H20N4O3/c1-8(2)12(3,7-13)15-11-9(16(17)18)5-6-10(14-11)19-4/h5-6,8H,7,13H2,1-4H3,(H,14,15). The van der Waals surface area contributed by atoms with Crippen molar-refractivity contribution in [1.29, 1.82) is 0 Å². The number of nitrogens with one attached hydrogen (secondary N) is 1. The summed E-state index contributed by atoms with van der Waals surface area (Å²) < 4.78 is 4.99. The fourth-order valence-corrected chi connectivity index (χ4v) is 1.49. The van der Waals surface area contributed by atoms with Crippen LogP contribution >= 0.6 is 0 Å². The molecule has 7 heteroatoms. The Morgan fingerprint density at radius 2 is 2.21 bits per heavy atom. The zero-order valence-corrected chi connectivity index (χ0v) is 11.6. The van der Waals surface area contributed by atoms with Gasteiger partial charge in [-0.3, -0.25) is 10.1 Å². The molecule has 0 saturated carbocycles. The molecule has 0 aliphatic rings. The molecule has 1 unspecified atom stereocenters. The summed E-state index contributed by atoms with van der Waals surface area (Å²) in [6, 6.07) is 2.82. The Hall–Kier alpha value is -1.89. The number of nitrogens with zero attached hydrogens (tertiary/aromatic N) is 2. The molecule has 0 aliphatic heterocycles. The van der Waals surface area contributed by atoms with Gasteiger partial charge >= 0.3 is 5.69 Å². The van der Waals surface area contributed by atoms with Crippen LogP contribution in [0.2, 0.25) is 0 Å². The number of anilines is 1. The summed E-state index contributed by atoms with van der Waals surface area (Å²) >= 11 is 0. The molecule has 1 atom stereocenters. The number of ether oxygens (including phenoxy) is 1. The summed E-state index contributed by atoms with van der Waals surface area (Å²) in [4.78, 5) is 14.6. The Morgan fingerprint density at radius 3 is 2.63 bits per heavy atom. The van der Waals surface area contributed by atoms with Crippen molar-refractivity contribution in [2.45, 2.75) is 26.3 Å². The predicted octanol–water partition coefficient (Wildman–Crippen LogP) is 1.78. The lowest BCUT2D eigenvalue weighted by molar-refractivity contribution is -0.384. The van der Waals surface area contributed by atoms with E-state index in [-0.39, 0.29) is 17.4 Å². The Labute approximate surface area is 112 Å². The van der Waals surface area contributed by atoms with Gasteiger partial charge in [0.1, 0.15) is 0 Å². The second kappa shape index (κ2) is 5.83. The largest absolute Gasteiger partial charge is 0.481 e. The van der Waals surface area contributed by atoms with Crippen molar-refractivity contribution in [2.24, 2.45) is 11.7 Å². The zero-order valence-electron chi connectivity index (χ0n) is 11.6. The molecule has 0 aliphatic carbocycles. The smallest absolute Gasteiger partial charge is 0.311 e. The highest BCUT2D eigenvalue weighted by molar-refractivity contribution is 5.58. The summed E-state index contributed by atoms with van der Waals surface area (Å²) in [5.41, 5.74) is 5.18.